The van der Waals surface area contributed by atoms with Gasteiger partial charge < -0.3 is 10.1 Å². The van der Waals surface area contributed by atoms with Crippen LogP contribution in [0.15, 0.2) is 37.1 Å². The Morgan fingerprint density at radius 1 is 1.09 bits per heavy atom. The molecular weight excluding hydrogens is 404 g/mol. The first-order valence-electron chi connectivity index (χ1n) is 11.2. The number of nitrogens with zero attached hydrogens (tertiary/aromatic N) is 7. The van der Waals surface area contributed by atoms with Crippen LogP contribution in [0.25, 0.3) is 22.2 Å². The van der Waals surface area contributed by atoms with Crippen LogP contribution in [0.4, 0.5) is 5.82 Å². The Balaban J connectivity index is 1.42. The first-order valence-corrected chi connectivity index (χ1v) is 11.2. The third-order valence-electron chi connectivity index (χ3n) is 6.03. The summed E-state index contributed by atoms with van der Waals surface area (Å²) in [6.07, 6.45) is 13.2. The molecule has 0 atom stereocenters. The van der Waals surface area contributed by atoms with Crippen LogP contribution in [0, 0.1) is 6.92 Å². The number of fused-ring (bicyclic) bond motifs is 1. The van der Waals surface area contributed by atoms with Crippen LogP contribution in [-0.4, -0.2) is 47.2 Å². The first kappa shape index (κ1) is 20.4. The highest BCUT2D eigenvalue weighted by molar-refractivity contribution is 5.93. The Hall–Kier alpha value is -3.49. The molecule has 4 aromatic rings. The normalized spacial score (nSPS) is 18.7. The number of rotatable bonds is 6. The second-order valence-electron chi connectivity index (χ2n) is 8.31. The van der Waals surface area contributed by atoms with Gasteiger partial charge in [0, 0.05) is 55.4 Å². The molecule has 32 heavy (non-hydrogen) atoms. The number of ether oxygens (including phenoxy) is 1. The van der Waals surface area contributed by atoms with Crippen molar-refractivity contribution in [2.24, 2.45) is 7.05 Å². The van der Waals surface area contributed by atoms with Gasteiger partial charge in [-0.2, -0.15) is 10.2 Å². The minimum atomic E-state index is 0.153. The van der Waals surface area contributed by atoms with Crippen molar-refractivity contribution in [2.45, 2.75) is 51.7 Å². The number of hydrogen-bond donors (Lipinski definition) is 1. The Morgan fingerprint density at radius 2 is 1.91 bits per heavy atom. The molecular formula is C23H28N8O. The second-order valence-corrected chi connectivity index (χ2v) is 8.31. The zero-order valence-corrected chi connectivity index (χ0v) is 18.7. The summed E-state index contributed by atoms with van der Waals surface area (Å²) in [4.78, 5) is 13.2. The van der Waals surface area contributed by atoms with Crippen LogP contribution in [0.5, 0.6) is 5.88 Å². The summed E-state index contributed by atoms with van der Waals surface area (Å²) in [6, 6.07) is 2.42. The number of aromatic nitrogens is 7. The minimum absolute atomic E-state index is 0.153. The molecule has 0 bridgehead atoms. The molecule has 0 amide bonds. The number of hydrogen-bond acceptors (Lipinski definition) is 7. The molecule has 0 unspecified atom stereocenters. The van der Waals surface area contributed by atoms with Gasteiger partial charge in [-0.25, -0.2) is 9.97 Å². The van der Waals surface area contributed by atoms with E-state index in [9.17, 15) is 0 Å². The summed E-state index contributed by atoms with van der Waals surface area (Å²) in [5.74, 6) is 1.51. The van der Waals surface area contributed by atoms with E-state index in [1.165, 1.54) is 0 Å². The lowest BCUT2D eigenvalue weighted by Crippen LogP contribution is -2.26. The van der Waals surface area contributed by atoms with Crippen molar-refractivity contribution < 1.29 is 4.74 Å². The predicted molar refractivity (Wildman–Crippen MR) is 123 cm³/mol. The van der Waals surface area contributed by atoms with E-state index in [1.54, 1.807) is 17.1 Å². The van der Waals surface area contributed by atoms with E-state index in [1.807, 2.05) is 32.6 Å². The van der Waals surface area contributed by atoms with E-state index in [0.717, 1.165) is 65.9 Å². The highest BCUT2D eigenvalue weighted by Crippen LogP contribution is 2.36. The molecule has 1 aliphatic rings. The summed E-state index contributed by atoms with van der Waals surface area (Å²) in [7, 11) is 1.92. The van der Waals surface area contributed by atoms with Crippen LogP contribution < -0.4 is 10.1 Å². The SMILES string of the molecule is CCNc1cc2c(cn1)c(-c1cnn(C)c1)nn2[C@H]1CC[C@@H](Oc2nccnc2C)CC1. The Bertz CT molecular complexity index is 1220. The van der Waals surface area contributed by atoms with Gasteiger partial charge in [0.15, 0.2) is 0 Å². The van der Waals surface area contributed by atoms with Crippen molar-refractivity contribution in [3.63, 3.8) is 0 Å². The molecule has 0 radical (unpaired) electrons. The van der Waals surface area contributed by atoms with Crippen LogP contribution in [0.1, 0.15) is 44.3 Å². The number of aryl methyl sites for hydroxylation is 2. The van der Waals surface area contributed by atoms with Crippen molar-refractivity contribution in [2.75, 3.05) is 11.9 Å². The molecule has 1 saturated carbocycles. The van der Waals surface area contributed by atoms with Crippen LogP contribution in [0.2, 0.25) is 0 Å². The zero-order valence-electron chi connectivity index (χ0n) is 18.7. The quantitative estimate of drug-likeness (QED) is 0.493. The third kappa shape index (κ3) is 3.90. The van der Waals surface area contributed by atoms with Crippen LogP contribution in [0.3, 0.4) is 0 Å². The molecule has 0 aromatic carbocycles. The average Bonchev–Trinajstić information content (AvgIpc) is 3.39. The number of pyridine rings is 1. The highest BCUT2D eigenvalue weighted by Gasteiger charge is 2.27. The van der Waals surface area contributed by atoms with E-state index in [-0.39, 0.29) is 6.10 Å². The minimum Gasteiger partial charge on any atom is -0.473 e. The van der Waals surface area contributed by atoms with Gasteiger partial charge in [-0.1, -0.05) is 0 Å². The summed E-state index contributed by atoms with van der Waals surface area (Å²) >= 11 is 0. The lowest BCUT2D eigenvalue weighted by Gasteiger charge is -2.29. The fourth-order valence-corrected chi connectivity index (χ4v) is 4.42. The fraction of sp³-hybridized carbons (Fsp3) is 0.435. The topological polar surface area (TPSA) is 95.6 Å². The van der Waals surface area contributed by atoms with Gasteiger partial charge in [-0.05, 0) is 39.5 Å². The van der Waals surface area contributed by atoms with E-state index in [2.05, 4.69) is 43.0 Å². The maximum atomic E-state index is 6.15. The molecule has 4 aromatic heterocycles. The molecule has 9 nitrogen and oxygen atoms in total. The number of nitrogens with one attached hydrogen (secondary N) is 1. The van der Waals surface area contributed by atoms with Gasteiger partial charge in [-0.3, -0.25) is 14.3 Å². The van der Waals surface area contributed by atoms with Gasteiger partial charge in [0.2, 0.25) is 5.88 Å². The zero-order chi connectivity index (χ0) is 22.1. The van der Waals surface area contributed by atoms with Gasteiger partial charge in [-0.15, -0.1) is 0 Å². The van der Waals surface area contributed by atoms with Crippen LogP contribution in [-0.2, 0) is 7.05 Å². The van der Waals surface area contributed by atoms with Crippen molar-refractivity contribution in [3.8, 4) is 17.1 Å². The Kier molecular flexibility index (Phi) is 5.46. The Labute approximate surface area is 186 Å². The smallest absolute Gasteiger partial charge is 0.235 e. The maximum absolute atomic E-state index is 6.15. The summed E-state index contributed by atoms with van der Waals surface area (Å²) < 4.78 is 10.1. The lowest BCUT2D eigenvalue weighted by molar-refractivity contribution is 0.124. The van der Waals surface area contributed by atoms with Gasteiger partial charge in [0.05, 0.1) is 23.4 Å². The first-order chi connectivity index (χ1) is 15.6. The predicted octanol–water partition coefficient (Wildman–Crippen LogP) is 3.92. The van der Waals surface area contributed by atoms with Gasteiger partial charge >= 0.3 is 0 Å². The van der Waals surface area contributed by atoms with Gasteiger partial charge in [0.25, 0.3) is 0 Å². The molecule has 9 heteroatoms. The van der Waals surface area contributed by atoms with E-state index in [4.69, 9.17) is 9.84 Å². The molecule has 166 valence electrons. The monoisotopic (exact) mass is 432 g/mol. The van der Waals surface area contributed by atoms with Crippen molar-refractivity contribution >= 4 is 16.7 Å². The molecule has 1 N–H and O–H groups in total. The molecule has 5 rings (SSSR count). The molecule has 4 heterocycles. The largest absolute Gasteiger partial charge is 0.473 e. The molecule has 0 saturated heterocycles. The summed E-state index contributed by atoms with van der Waals surface area (Å²) in [5.41, 5.74) is 3.86. The standard InChI is InChI=1S/C23H28N8O/c1-4-24-21-11-20-19(13-27-21)22(16-12-28-30(3)14-16)29-31(20)17-5-7-18(8-6-17)32-23-15(2)25-9-10-26-23/h9-14,17-18H,4-8H2,1-3H3,(H,24,27)/t17-,18+. The van der Waals surface area contributed by atoms with E-state index in [0.29, 0.717) is 11.9 Å². The molecule has 0 aliphatic heterocycles. The molecule has 0 spiro atoms. The van der Waals surface area contributed by atoms with Gasteiger partial charge in [0.1, 0.15) is 17.6 Å². The van der Waals surface area contributed by atoms with E-state index >= 15 is 0 Å². The van der Waals surface area contributed by atoms with Crippen molar-refractivity contribution in [3.05, 3.63) is 42.7 Å². The fourth-order valence-electron chi connectivity index (χ4n) is 4.42. The highest BCUT2D eigenvalue weighted by atomic mass is 16.5. The van der Waals surface area contributed by atoms with Crippen molar-refractivity contribution in [1.29, 1.82) is 0 Å². The third-order valence-corrected chi connectivity index (χ3v) is 6.03. The molecule has 1 aliphatic carbocycles. The lowest BCUT2D eigenvalue weighted by atomic mass is 9.93. The van der Waals surface area contributed by atoms with E-state index < -0.39 is 0 Å². The maximum Gasteiger partial charge on any atom is 0.235 e. The van der Waals surface area contributed by atoms with Crippen molar-refractivity contribution in [1.82, 2.24) is 34.5 Å². The summed E-state index contributed by atoms with van der Waals surface area (Å²) in [6.45, 7) is 4.83. The molecule has 1 fully saturated rings. The van der Waals surface area contributed by atoms with Crippen LogP contribution >= 0.6 is 0 Å². The second kappa shape index (κ2) is 8.57. The number of anilines is 1. The Morgan fingerprint density at radius 3 is 2.62 bits per heavy atom. The average molecular weight is 433 g/mol. The summed E-state index contributed by atoms with van der Waals surface area (Å²) in [5, 5.41) is 13.8.